The second-order valence-corrected chi connectivity index (χ2v) is 3.92. The number of aliphatic hydroxyl groups excluding tert-OH is 1. The van der Waals surface area contributed by atoms with E-state index < -0.39 is 0 Å². The van der Waals surface area contributed by atoms with Crippen LogP contribution >= 0.6 is 22.9 Å². The molecule has 0 spiro atoms. The molecule has 62 valence electrons. The van der Waals surface area contributed by atoms with Crippen molar-refractivity contribution >= 4 is 27.9 Å². The number of halogens is 1. The van der Waals surface area contributed by atoms with E-state index in [0.29, 0.717) is 6.54 Å². The van der Waals surface area contributed by atoms with Crippen molar-refractivity contribution < 1.29 is 5.11 Å². The van der Waals surface area contributed by atoms with E-state index in [1.165, 1.54) is 11.3 Å². The highest BCUT2D eigenvalue weighted by Crippen LogP contribution is 2.28. The summed E-state index contributed by atoms with van der Waals surface area (Å²) in [5, 5.41) is 9.72. The summed E-state index contributed by atoms with van der Waals surface area (Å²) < 4.78 is 0.782. The molecule has 1 heterocycles. The molecule has 1 rings (SSSR count). The lowest BCUT2D eigenvalue weighted by Crippen LogP contribution is -2.19. The molecule has 0 aliphatic carbocycles. The third-order valence-electron chi connectivity index (χ3n) is 1.37. The molecule has 1 aromatic rings. The van der Waals surface area contributed by atoms with Gasteiger partial charge >= 0.3 is 0 Å². The summed E-state index contributed by atoms with van der Waals surface area (Å²) in [7, 11) is 1.93. The Balaban J connectivity index is 2.60. The minimum atomic E-state index is 0.173. The van der Waals surface area contributed by atoms with Crippen LogP contribution in [-0.4, -0.2) is 25.3 Å². The molecular weight excluding hydrogens is 182 g/mol. The van der Waals surface area contributed by atoms with Gasteiger partial charge < -0.3 is 10.0 Å². The summed E-state index contributed by atoms with van der Waals surface area (Å²) in [6, 6.07) is 3.80. The van der Waals surface area contributed by atoms with Crippen molar-refractivity contribution in [2.24, 2.45) is 0 Å². The van der Waals surface area contributed by atoms with Crippen LogP contribution in [0.3, 0.4) is 0 Å². The van der Waals surface area contributed by atoms with E-state index in [1.54, 1.807) is 0 Å². The normalized spacial score (nSPS) is 10.1. The molecule has 0 atom stereocenters. The highest BCUT2D eigenvalue weighted by Gasteiger charge is 2.01. The SMILES string of the molecule is CN(CCO)c1ccc(Cl)s1. The molecule has 0 radical (unpaired) electrons. The summed E-state index contributed by atoms with van der Waals surface area (Å²) >= 11 is 7.25. The van der Waals surface area contributed by atoms with Crippen LogP contribution in [0.25, 0.3) is 0 Å². The molecule has 4 heteroatoms. The molecule has 1 N–H and O–H groups in total. The molecule has 1 aromatic heterocycles. The Bertz CT molecular complexity index is 226. The Labute approximate surface area is 75.0 Å². The first-order valence-corrected chi connectivity index (χ1v) is 4.51. The molecule has 0 saturated carbocycles. The number of rotatable bonds is 3. The van der Waals surface area contributed by atoms with E-state index in [2.05, 4.69) is 0 Å². The fraction of sp³-hybridized carbons (Fsp3) is 0.429. The average Bonchev–Trinajstić information content (AvgIpc) is 2.36. The average molecular weight is 192 g/mol. The molecule has 0 aliphatic heterocycles. The van der Waals surface area contributed by atoms with Crippen LogP contribution < -0.4 is 4.90 Å². The quantitative estimate of drug-likeness (QED) is 0.788. The zero-order chi connectivity index (χ0) is 8.27. The van der Waals surface area contributed by atoms with Gasteiger partial charge in [0.2, 0.25) is 0 Å². The number of hydrogen-bond donors (Lipinski definition) is 1. The Morgan fingerprint density at radius 1 is 1.64 bits per heavy atom. The molecule has 0 bridgehead atoms. The molecule has 0 fully saturated rings. The first kappa shape index (κ1) is 8.84. The monoisotopic (exact) mass is 191 g/mol. The van der Waals surface area contributed by atoms with E-state index >= 15 is 0 Å². The van der Waals surface area contributed by atoms with E-state index in [-0.39, 0.29) is 6.61 Å². The third-order valence-corrected chi connectivity index (χ3v) is 2.72. The number of nitrogens with zero attached hydrogens (tertiary/aromatic N) is 1. The van der Waals surface area contributed by atoms with Crippen LogP contribution in [0.1, 0.15) is 0 Å². The molecule has 0 amide bonds. The molecule has 11 heavy (non-hydrogen) atoms. The summed E-state index contributed by atoms with van der Waals surface area (Å²) in [6.45, 7) is 0.822. The minimum Gasteiger partial charge on any atom is -0.395 e. The molecule has 0 aliphatic rings. The van der Waals surface area contributed by atoms with Gasteiger partial charge in [-0.15, -0.1) is 11.3 Å². The zero-order valence-corrected chi connectivity index (χ0v) is 7.82. The van der Waals surface area contributed by atoms with Gasteiger partial charge in [-0.25, -0.2) is 0 Å². The summed E-state index contributed by atoms with van der Waals surface area (Å²) in [4.78, 5) is 1.97. The van der Waals surface area contributed by atoms with Crippen molar-refractivity contribution in [1.82, 2.24) is 0 Å². The van der Waals surface area contributed by atoms with Crippen LogP contribution in [0.15, 0.2) is 12.1 Å². The predicted molar refractivity (Wildman–Crippen MR) is 49.7 cm³/mol. The Morgan fingerprint density at radius 3 is 2.82 bits per heavy atom. The Morgan fingerprint density at radius 2 is 2.36 bits per heavy atom. The van der Waals surface area contributed by atoms with Crippen molar-refractivity contribution in [2.75, 3.05) is 25.1 Å². The predicted octanol–water partition coefficient (Wildman–Crippen LogP) is 1.83. The van der Waals surface area contributed by atoms with Crippen LogP contribution in [0.2, 0.25) is 4.34 Å². The van der Waals surface area contributed by atoms with E-state index in [4.69, 9.17) is 16.7 Å². The smallest absolute Gasteiger partial charge is 0.0950 e. The van der Waals surface area contributed by atoms with Crippen LogP contribution in [0.5, 0.6) is 0 Å². The van der Waals surface area contributed by atoms with Gasteiger partial charge in [-0.3, -0.25) is 0 Å². The summed E-state index contributed by atoms with van der Waals surface area (Å²) in [5.74, 6) is 0. The van der Waals surface area contributed by atoms with Crippen molar-refractivity contribution in [1.29, 1.82) is 0 Å². The summed E-state index contributed by atoms with van der Waals surface area (Å²) in [6.07, 6.45) is 0. The Kier molecular flexibility index (Phi) is 3.17. The first-order chi connectivity index (χ1) is 5.24. The topological polar surface area (TPSA) is 23.5 Å². The maximum absolute atomic E-state index is 8.63. The lowest BCUT2D eigenvalue weighted by atomic mass is 10.5. The number of anilines is 1. The molecule has 0 unspecified atom stereocenters. The molecule has 0 aromatic carbocycles. The van der Waals surface area contributed by atoms with E-state index in [0.717, 1.165) is 9.34 Å². The Hall–Kier alpha value is -0.250. The van der Waals surface area contributed by atoms with Crippen molar-refractivity contribution in [3.63, 3.8) is 0 Å². The van der Waals surface area contributed by atoms with Gasteiger partial charge in [0.05, 0.1) is 15.9 Å². The number of likely N-dealkylation sites (N-methyl/N-ethyl adjacent to an activating group) is 1. The molecular formula is C7H10ClNOS. The van der Waals surface area contributed by atoms with Crippen molar-refractivity contribution in [3.05, 3.63) is 16.5 Å². The maximum atomic E-state index is 8.63. The van der Waals surface area contributed by atoms with Gasteiger partial charge in [0.15, 0.2) is 0 Å². The van der Waals surface area contributed by atoms with Gasteiger partial charge in [0, 0.05) is 13.6 Å². The van der Waals surface area contributed by atoms with Gasteiger partial charge in [0.25, 0.3) is 0 Å². The van der Waals surface area contributed by atoms with Crippen molar-refractivity contribution in [3.8, 4) is 0 Å². The fourth-order valence-electron chi connectivity index (χ4n) is 0.770. The van der Waals surface area contributed by atoms with Crippen molar-refractivity contribution in [2.45, 2.75) is 0 Å². The number of hydrogen-bond acceptors (Lipinski definition) is 3. The summed E-state index contributed by atoms with van der Waals surface area (Å²) in [5.41, 5.74) is 0. The largest absolute Gasteiger partial charge is 0.395 e. The third kappa shape index (κ3) is 2.36. The maximum Gasteiger partial charge on any atom is 0.0950 e. The lowest BCUT2D eigenvalue weighted by Gasteiger charge is -2.14. The second-order valence-electron chi connectivity index (χ2n) is 2.22. The highest BCUT2D eigenvalue weighted by atomic mass is 35.5. The van der Waals surface area contributed by atoms with Gasteiger partial charge in [-0.2, -0.15) is 0 Å². The highest BCUT2D eigenvalue weighted by molar-refractivity contribution is 7.19. The van der Waals surface area contributed by atoms with E-state index in [9.17, 15) is 0 Å². The van der Waals surface area contributed by atoms with Gasteiger partial charge in [-0.05, 0) is 12.1 Å². The van der Waals surface area contributed by atoms with Crippen LogP contribution in [-0.2, 0) is 0 Å². The fourth-order valence-corrected chi connectivity index (χ4v) is 1.79. The van der Waals surface area contributed by atoms with Crippen LogP contribution in [0.4, 0.5) is 5.00 Å². The standard InChI is InChI=1S/C7H10ClNOS/c1-9(4-5-10)7-3-2-6(8)11-7/h2-3,10H,4-5H2,1H3. The van der Waals surface area contributed by atoms with Gasteiger partial charge in [-0.1, -0.05) is 11.6 Å². The lowest BCUT2D eigenvalue weighted by molar-refractivity contribution is 0.304. The van der Waals surface area contributed by atoms with E-state index in [1.807, 2.05) is 24.1 Å². The second kappa shape index (κ2) is 3.95. The zero-order valence-electron chi connectivity index (χ0n) is 6.25. The van der Waals surface area contributed by atoms with Gasteiger partial charge in [0.1, 0.15) is 0 Å². The number of aliphatic hydroxyl groups is 1. The van der Waals surface area contributed by atoms with Crippen LogP contribution in [0, 0.1) is 0 Å². The molecule has 0 saturated heterocycles. The minimum absolute atomic E-state index is 0.173. The first-order valence-electron chi connectivity index (χ1n) is 3.31. The number of thiophene rings is 1. The molecule has 2 nitrogen and oxygen atoms in total.